The van der Waals surface area contributed by atoms with Crippen LogP contribution in [0.2, 0.25) is 0 Å². The fraction of sp³-hybridized carbons (Fsp3) is 0.100. The van der Waals surface area contributed by atoms with E-state index in [9.17, 15) is 4.79 Å². The topological polar surface area (TPSA) is 68.0 Å². The molecule has 0 unspecified atom stereocenters. The van der Waals surface area contributed by atoms with Crippen LogP contribution in [0.4, 0.5) is 0 Å². The molecule has 0 fully saturated rings. The average molecular weight is 203 g/mol. The van der Waals surface area contributed by atoms with E-state index in [0.29, 0.717) is 17.1 Å². The van der Waals surface area contributed by atoms with Gasteiger partial charge in [0.15, 0.2) is 11.2 Å². The van der Waals surface area contributed by atoms with Gasteiger partial charge in [0.05, 0.1) is 6.54 Å². The molecule has 76 valence electrons. The van der Waals surface area contributed by atoms with Gasteiger partial charge in [0.1, 0.15) is 0 Å². The number of pyridine rings is 1. The van der Waals surface area contributed by atoms with Gasteiger partial charge in [-0.05, 0) is 18.2 Å². The van der Waals surface area contributed by atoms with Gasteiger partial charge in [0, 0.05) is 6.20 Å². The standard InChI is InChI=1S/C10H9N3O2/c1-2-8(14)12-6-9-13-10-7(15-9)4-3-5-11-10/h2-5H,1,6H2,(H,12,14). The van der Waals surface area contributed by atoms with E-state index in [1.165, 1.54) is 6.08 Å². The third-order valence-electron chi connectivity index (χ3n) is 1.81. The molecule has 0 spiro atoms. The molecule has 2 aromatic rings. The Balaban J connectivity index is 2.15. The summed E-state index contributed by atoms with van der Waals surface area (Å²) in [5.41, 5.74) is 1.15. The second-order valence-electron chi connectivity index (χ2n) is 2.85. The summed E-state index contributed by atoms with van der Waals surface area (Å²) in [7, 11) is 0. The zero-order valence-electron chi connectivity index (χ0n) is 7.93. The van der Waals surface area contributed by atoms with Crippen LogP contribution in [-0.4, -0.2) is 15.9 Å². The monoisotopic (exact) mass is 203 g/mol. The van der Waals surface area contributed by atoms with Crippen LogP contribution in [0.25, 0.3) is 11.2 Å². The largest absolute Gasteiger partial charge is 0.437 e. The van der Waals surface area contributed by atoms with Gasteiger partial charge in [-0.2, -0.15) is 4.98 Å². The Morgan fingerprint density at radius 3 is 3.27 bits per heavy atom. The summed E-state index contributed by atoms with van der Waals surface area (Å²) in [5, 5.41) is 2.57. The lowest BCUT2D eigenvalue weighted by atomic mass is 10.5. The summed E-state index contributed by atoms with van der Waals surface area (Å²) in [6.07, 6.45) is 2.83. The summed E-state index contributed by atoms with van der Waals surface area (Å²) in [5.74, 6) is 0.170. The van der Waals surface area contributed by atoms with E-state index in [1.54, 1.807) is 18.3 Å². The summed E-state index contributed by atoms with van der Waals surface area (Å²) < 4.78 is 5.34. The first-order valence-corrected chi connectivity index (χ1v) is 4.40. The number of amides is 1. The van der Waals surface area contributed by atoms with Crippen molar-refractivity contribution in [2.24, 2.45) is 0 Å². The van der Waals surface area contributed by atoms with Crippen LogP contribution in [0.1, 0.15) is 5.89 Å². The highest BCUT2D eigenvalue weighted by Gasteiger charge is 2.05. The van der Waals surface area contributed by atoms with Crippen LogP contribution in [0, 0.1) is 0 Å². The zero-order chi connectivity index (χ0) is 10.7. The minimum atomic E-state index is -0.259. The van der Waals surface area contributed by atoms with Crippen molar-refractivity contribution >= 4 is 17.1 Å². The summed E-state index contributed by atoms with van der Waals surface area (Å²) in [6.45, 7) is 3.58. The lowest BCUT2D eigenvalue weighted by Gasteiger charge is -1.95. The molecule has 0 aliphatic rings. The van der Waals surface area contributed by atoms with Gasteiger partial charge >= 0.3 is 0 Å². The molecule has 1 amide bonds. The van der Waals surface area contributed by atoms with E-state index in [2.05, 4.69) is 21.9 Å². The molecule has 5 nitrogen and oxygen atoms in total. The molecule has 0 aromatic carbocycles. The Labute approximate surface area is 85.8 Å². The molecule has 5 heteroatoms. The average Bonchev–Trinajstić information content (AvgIpc) is 2.68. The minimum absolute atomic E-state index is 0.237. The van der Waals surface area contributed by atoms with Crippen molar-refractivity contribution in [2.75, 3.05) is 0 Å². The molecule has 0 radical (unpaired) electrons. The smallest absolute Gasteiger partial charge is 0.243 e. The van der Waals surface area contributed by atoms with Crippen molar-refractivity contribution in [3.05, 3.63) is 36.9 Å². The molecule has 1 N–H and O–H groups in total. The number of hydrogen-bond donors (Lipinski definition) is 1. The highest BCUT2D eigenvalue weighted by Crippen LogP contribution is 2.11. The first-order valence-electron chi connectivity index (χ1n) is 4.40. The number of carbonyl (C=O) groups excluding carboxylic acids is 1. The SMILES string of the molecule is C=CC(=O)NCc1nc2ncccc2o1. The molecular weight excluding hydrogens is 194 g/mol. The van der Waals surface area contributed by atoms with Gasteiger partial charge in [0.25, 0.3) is 0 Å². The van der Waals surface area contributed by atoms with E-state index in [4.69, 9.17) is 4.42 Å². The molecule has 2 aromatic heterocycles. The molecule has 2 heterocycles. The van der Waals surface area contributed by atoms with Gasteiger partial charge < -0.3 is 9.73 Å². The van der Waals surface area contributed by atoms with Gasteiger partial charge in [-0.25, -0.2) is 4.98 Å². The molecule has 0 aliphatic carbocycles. The van der Waals surface area contributed by atoms with Gasteiger partial charge in [-0.3, -0.25) is 4.79 Å². The summed E-state index contributed by atoms with van der Waals surface area (Å²) >= 11 is 0. The maximum Gasteiger partial charge on any atom is 0.243 e. The van der Waals surface area contributed by atoms with Crippen LogP contribution in [-0.2, 0) is 11.3 Å². The van der Waals surface area contributed by atoms with Crippen LogP contribution in [0.15, 0.2) is 35.4 Å². The first-order chi connectivity index (χ1) is 7.29. The second-order valence-corrected chi connectivity index (χ2v) is 2.85. The Bertz CT molecular complexity index is 471. The lowest BCUT2D eigenvalue weighted by Crippen LogP contribution is -2.19. The van der Waals surface area contributed by atoms with E-state index in [-0.39, 0.29) is 12.5 Å². The molecule has 2 rings (SSSR count). The number of rotatable bonds is 3. The molecular formula is C10H9N3O2. The lowest BCUT2D eigenvalue weighted by molar-refractivity contribution is -0.116. The number of oxazole rings is 1. The Hall–Kier alpha value is -2.17. The maximum atomic E-state index is 10.9. The summed E-state index contributed by atoms with van der Waals surface area (Å²) in [6, 6.07) is 3.54. The number of hydrogen-bond acceptors (Lipinski definition) is 4. The predicted octanol–water partition coefficient (Wildman–Crippen LogP) is 1.02. The van der Waals surface area contributed by atoms with Crippen LogP contribution < -0.4 is 5.32 Å². The normalized spacial score (nSPS) is 10.1. The number of aromatic nitrogens is 2. The van der Waals surface area contributed by atoms with Crippen LogP contribution in [0.3, 0.4) is 0 Å². The van der Waals surface area contributed by atoms with Crippen molar-refractivity contribution < 1.29 is 9.21 Å². The molecule has 0 aliphatic heterocycles. The quantitative estimate of drug-likeness (QED) is 0.756. The van der Waals surface area contributed by atoms with Crippen LogP contribution in [0.5, 0.6) is 0 Å². The van der Waals surface area contributed by atoms with E-state index in [0.717, 1.165) is 0 Å². The predicted molar refractivity (Wildman–Crippen MR) is 53.8 cm³/mol. The number of fused-ring (bicyclic) bond motifs is 1. The fourth-order valence-electron chi connectivity index (χ4n) is 1.12. The molecule has 0 saturated heterocycles. The highest BCUT2D eigenvalue weighted by molar-refractivity contribution is 5.86. The Kier molecular flexibility index (Phi) is 2.45. The van der Waals surface area contributed by atoms with Crippen molar-refractivity contribution in [3.8, 4) is 0 Å². The molecule has 15 heavy (non-hydrogen) atoms. The highest BCUT2D eigenvalue weighted by atomic mass is 16.3. The van der Waals surface area contributed by atoms with E-state index in [1.807, 2.05) is 0 Å². The van der Waals surface area contributed by atoms with Crippen LogP contribution >= 0.6 is 0 Å². The van der Waals surface area contributed by atoms with E-state index >= 15 is 0 Å². The molecule has 0 atom stereocenters. The van der Waals surface area contributed by atoms with Crippen molar-refractivity contribution in [3.63, 3.8) is 0 Å². The minimum Gasteiger partial charge on any atom is -0.437 e. The third kappa shape index (κ3) is 2.01. The maximum absolute atomic E-state index is 10.9. The molecule has 0 saturated carbocycles. The zero-order valence-corrected chi connectivity index (χ0v) is 7.93. The fourth-order valence-corrected chi connectivity index (χ4v) is 1.12. The number of carbonyl (C=O) groups is 1. The number of nitrogens with zero attached hydrogens (tertiary/aromatic N) is 2. The van der Waals surface area contributed by atoms with Gasteiger partial charge in [0.2, 0.25) is 11.8 Å². The first kappa shape index (κ1) is 9.39. The van der Waals surface area contributed by atoms with Gasteiger partial charge in [-0.1, -0.05) is 6.58 Å². The second kappa shape index (κ2) is 3.91. The summed E-state index contributed by atoms with van der Waals surface area (Å²) in [4.78, 5) is 19.0. The van der Waals surface area contributed by atoms with Crippen molar-refractivity contribution in [1.29, 1.82) is 0 Å². The number of nitrogens with one attached hydrogen (secondary N) is 1. The molecule has 0 bridgehead atoms. The Morgan fingerprint density at radius 1 is 1.67 bits per heavy atom. The van der Waals surface area contributed by atoms with Gasteiger partial charge in [-0.15, -0.1) is 0 Å². The third-order valence-corrected chi connectivity index (χ3v) is 1.81. The van der Waals surface area contributed by atoms with Crippen molar-refractivity contribution in [1.82, 2.24) is 15.3 Å². The van der Waals surface area contributed by atoms with Crippen molar-refractivity contribution in [2.45, 2.75) is 6.54 Å². The Morgan fingerprint density at radius 2 is 2.53 bits per heavy atom. The van der Waals surface area contributed by atoms with E-state index < -0.39 is 0 Å².